The lowest BCUT2D eigenvalue weighted by Crippen LogP contribution is -2.13. The highest BCUT2D eigenvalue weighted by atomic mass is 32.2. The molecule has 0 aliphatic rings. The Balaban J connectivity index is 2.40. The summed E-state index contributed by atoms with van der Waals surface area (Å²) in [6.07, 6.45) is 1.75. The second-order valence-corrected chi connectivity index (χ2v) is 6.41. The lowest BCUT2D eigenvalue weighted by molar-refractivity contribution is -0.116. The number of carbonyl (C=O) groups excluding carboxylic acids is 1. The van der Waals surface area contributed by atoms with Gasteiger partial charge < -0.3 is 5.32 Å². The average Bonchev–Trinajstić information content (AvgIpc) is 2.15. The Bertz CT molecular complexity index is 494. The van der Waals surface area contributed by atoms with Gasteiger partial charge in [0, 0.05) is 18.4 Å². The third-order valence-corrected chi connectivity index (χ3v) is 3.25. The van der Waals surface area contributed by atoms with E-state index in [9.17, 15) is 13.2 Å². The van der Waals surface area contributed by atoms with Gasteiger partial charge in [0.05, 0.1) is 5.75 Å². The molecule has 0 radical (unpaired) electrons. The van der Waals surface area contributed by atoms with E-state index in [4.69, 9.17) is 0 Å². The average molecular weight is 255 g/mol. The summed E-state index contributed by atoms with van der Waals surface area (Å²) in [5.41, 5.74) is 1.81. The van der Waals surface area contributed by atoms with Crippen molar-refractivity contribution in [2.24, 2.45) is 0 Å². The van der Waals surface area contributed by atoms with Crippen molar-refractivity contribution in [3.8, 4) is 0 Å². The Morgan fingerprint density at radius 3 is 2.65 bits per heavy atom. The van der Waals surface area contributed by atoms with Gasteiger partial charge in [0.15, 0.2) is 0 Å². The van der Waals surface area contributed by atoms with Crippen LogP contribution in [0.5, 0.6) is 0 Å². The molecule has 0 saturated heterocycles. The number of hydrogen-bond acceptors (Lipinski definition) is 3. The van der Waals surface area contributed by atoms with Crippen molar-refractivity contribution in [2.45, 2.75) is 19.8 Å². The van der Waals surface area contributed by atoms with Crippen LogP contribution in [-0.2, 0) is 14.6 Å². The number of sulfone groups is 1. The summed E-state index contributed by atoms with van der Waals surface area (Å²) in [4.78, 5) is 11.5. The molecular weight excluding hydrogens is 238 g/mol. The van der Waals surface area contributed by atoms with Gasteiger partial charge in [0.25, 0.3) is 0 Å². The fourth-order valence-corrected chi connectivity index (χ4v) is 2.11. The minimum Gasteiger partial charge on any atom is -0.326 e. The van der Waals surface area contributed by atoms with Crippen molar-refractivity contribution in [3.05, 3.63) is 29.8 Å². The molecule has 0 aliphatic carbocycles. The summed E-state index contributed by atoms with van der Waals surface area (Å²) in [7, 11) is -2.98. The van der Waals surface area contributed by atoms with E-state index in [1.165, 1.54) is 6.26 Å². The summed E-state index contributed by atoms with van der Waals surface area (Å²) in [5, 5.41) is 2.74. The van der Waals surface area contributed by atoms with Crippen LogP contribution in [-0.4, -0.2) is 26.3 Å². The van der Waals surface area contributed by atoms with Gasteiger partial charge >= 0.3 is 0 Å². The van der Waals surface area contributed by atoms with Crippen molar-refractivity contribution in [2.75, 3.05) is 17.3 Å². The molecule has 1 N–H and O–H groups in total. The van der Waals surface area contributed by atoms with E-state index in [2.05, 4.69) is 5.32 Å². The number of aryl methyl sites for hydroxylation is 1. The molecule has 1 rings (SSSR count). The van der Waals surface area contributed by atoms with E-state index >= 15 is 0 Å². The maximum Gasteiger partial charge on any atom is 0.224 e. The molecule has 0 fully saturated rings. The van der Waals surface area contributed by atoms with Crippen LogP contribution >= 0.6 is 0 Å². The van der Waals surface area contributed by atoms with Crippen LogP contribution in [0.25, 0.3) is 0 Å². The first kappa shape index (κ1) is 13.7. The third kappa shape index (κ3) is 6.06. The number of amides is 1. The molecular formula is C12H17NO3S. The second-order valence-electron chi connectivity index (χ2n) is 4.15. The molecule has 1 aromatic rings. The van der Waals surface area contributed by atoms with Crippen LogP contribution in [0.3, 0.4) is 0 Å². The number of hydrogen-bond donors (Lipinski definition) is 1. The van der Waals surface area contributed by atoms with Crippen LogP contribution in [0.15, 0.2) is 24.3 Å². The predicted octanol–water partition coefficient (Wildman–Crippen LogP) is 1.76. The van der Waals surface area contributed by atoms with Gasteiger partial charge in [0.2, 0.25) is 5.91 Å². The van der Waals surface area contributed by atoms with E-state index in [0.717, 1.165) is 11.3 Å². The molecule has 0 unspecified atom stereocenters. The first-order valence-corrected chi connectivity index (χ1v) is 7.47. The van der Waals surface area contributed by atoms with Crippen molar-refractivity contribution in [1.29, 1.82) is 0 Å². The largest absolute Gasteiger partial charge is 0.326 e. The maximum atomic E-state index is 11.5. The molecule has 0 atom stereocenters. The zero-order valence-electron chi connectivity index (χ0n) is 10.1. The molecule has 17 heavy (non-hydrogen) atoms. The number of carbonyl (C=O) groups is 1. The Morgan fingerprint density at radius 2 is 2.06 bits per heavy atom. The van der Waals surface area contributed by atoms with E-state index in [0.29, 0.717) is 6.42 Å². The van der Waals surface area contributed by atoms with Crippen molar-refractivity contribution in [1.82, 2.24) is 0 Å². The number of rotatable bonds is 5. The summed E-state index contributed by atoms with van der Waals surface area (Å²) in [6.45, 7) is 1.94. The Labute approximate surface area is 102 Å². The van der Waals surface area contributed by atoms with Gasteiger partial charge in [-0.25, -0.2) is 8.42 Å². The van der Waals surface area contributed by atoms with E-state index in [-0.39, 0.29) is 18.1 Å². The van der Waals surface area contributed by atoms with Crippen LogP contribution in [0.2, 0.25) is 0 Å². The first-order valence-electron chi connectivity index (χ1n) is 5.41. The van der Waals surface area contributed by atoms with Crippen LogP contribution in [0.1, 0.15) is 18.4 Å². The maximum absolute atomic E-state index is 11.5. The van der Waals surface area contributed by atoms with Crippen LogP contribution in [0.4, 0.5) is 5.69 Å². The Kier molecular flexibility index (Phi) is 4.69. The molecule has 0 aliphatic heterocycles. The topological polar surface area (TPSA) is 63.2 Å². The lowest BCUT2D eigenvalue weighted by atomic mass is 10.2. The summed E-state index contributed by atoms with van der Waals surface area (Å²) in [6, 6.07) is 7.48. The van der Waals surface area contributed by atoms with Crippen LogP contribution in [0, 0.1) is 6.92 Å². The molecule has 1 amide bonds. The zero-order valence-corrected chi connectivity index (χ0v) is 10.9. The molecule has 1 aromatic carbocycles. The van der Waals surface area contributed by atoms with Gasteiger partial charge in [0.1, 0.15) is 9.84 Å². The highest BCUT2D eigenvalue weighted by molar-refractivity contribution is 7.90. The fraction of sp³-hybridized carbons (Fsp3) is 0.417. The number of nitrogens with one attached hydrogen (secondary N) is 1. The standard InChI is InChI=1S/C12H17NO3S/c1-10-5-3-6-11(9-10)13-12(14)7-4-8-17(2,15)16/h3,5-6,9H,4,7-8H2,1-2H3,(H,13,14). The fourth-order valence-electron chi connectivity index (χ4n) is 1.44. The predicted molar refractivity (Wildman–Crippen MR) is 68.8 cm³/mol. The molecule has 0 heterocycles. The van der Waals surface area contributed by atoms with E-state index in [1.54, 1.807) is 0 Å². The zero-order chi connectivity index (χ0) is 12.9. The monoisotopic (exact) mass is 255 g/mol. The van der Waals surface area contributed by atoms with Crippen molar-refractivity contribution in [3.63, 3.8) is 0 Å². The summed E-state index contributed by atoms with van der Waals surface area (Å²) >= 11 is 0. The Morgan fingerprint density at radius 1 is 1.35 bits per heavy atom. The van der Waals surface area contributed by atoms with E-state index in [1.807, 2.05) is 31.2 Å². The van der Waals surface area contributed by atoms with Gasteiger partial charge in [-0.2, -0.15) is 0 Å². The van der Waals surface area contributed by atoms with Gasteiger partial charge in [-0.15, -0.1) is 0 Å². The number of benzene rings is 1. The number of anilines is 1. The van der Waals surface area contributed by atoms with Gasteiger partial charge in [-0.05, 0) is 31.0 Å². The normalized spacial score (nSPS) is 11.2. The molecule has 94 valence electrons. The lowest BCUT2D eigenvalue weighted by Gasteiger charge is -2.05. The van der Waals surface area contributed by atoms with Crippen molar-refractivity contribution >= 4 is 21.4 Å². The first-order chi connectivity index (χ1) is 7.87. The third-order valence-electron chi connectivity index (χ3n) is 2.22. The molecule has 0 aromatic heterocycles. The van der Waals surface area contributed by atoms with Gasteiger partial charge in [-0.1, -0.05) is 12.1 Å². The SMILES string of the molecule is Cc1cccc(NC(=O)CCCS(C)(=O)=O)c1. The highest BCUT2D eigenvalue weighted by Gasteiger charge is 2.06. The highest BCUT2D eigenvalue weighted by Crippen LogP contribution is 2.10. The van der Waals surface area contributed by atoms with E-state index < -0.39 is 9.84 Å². The minimum atomic E-state index is -2.98. The van der Waals surface area contributed by atoms with Crippen LogP contribution < -0.4 is 5.32 Å². The summed E-state index contributed by atoms with van der Waals surface area (Å²) in [5.74, 6) is -0.104. The molecule has 5 heteroatoms. The quantitative estimate of drug-likeness (QED) is 0.872. The minimum absolute atomic E-state index is 0.0498. The van der Waals surface area contributed by atoms with Crippen molar-refractivity contribution < 1.29 is 13.2 Å². The molecule has 0 spiro atoms. The Hall–Kier alpha value is -1.36. The molecule has 0 bridgehead atoms. The van der Waals surface area contributed by atoms with Gasteiger partial charge in [-0.3, -0.25) is 4.79 Å². The molecule has 4 nitrogen and oxygen atoms in total. The molecule has 0 saturated carbocycles. The second kappa shape index (κ2) is 5.82. The summed E-state index contributed by atoms with van der Waals surface area (Å²) < 4.78 is 21.8. The smallest absolute Gasteiger partial charge is 0.224 e.